The van der Waals surface area contributed by atoms with Gasteiger partial charge in [0.15, 0.2) is 12.4 Å². The third kappa shape index (κ3) is 5.31. The van der Waals surface area contributed by atoms with E-state index in [1.165, 1.54) is 11.3 Å². The summed E-state index contributed by atoms with van der Waals surface area (Å²) in [6.07, 6.45) is 0.704. The molecule has 0 spiro atoms. The summed E-state index contributed by atoms with van der Waals surface area (Å²) in [7, 11) is 0. The van der Waals surface area contributed by atoms with Gasteiger partial charge in [-0.15, -0.1) is 10.2 Å². The lowest BCUT2D eigenvalue weighted by atomic mass is 10.2. The molecule has 1 aromatic carbocycles. The van der Waals surface area contributed by atoms with Crippen LogP contribution in [0.25, 0.3) is 5.69 Å². The van der Waals surface area contributed by atoms with Crippen molar-refractivity contribution in [2.75, 3.05) is 18.5 Å². The van der Waals surface area contributed by atoms with Crippen molar-refractivity contribution in [1.29, 1.82) is 0 Å². The summed E-state index contributed by atoms with van der Waals surface area (Å²) < 4.78 is 11.6. The molecule has 0 unspecified atom stereocenters. The molecule has 0 saturated carbocycles. The highest BCUT2D eigenvalue weighted by Gasteiger charge is 2.21. The highest BCUT2D eigenvalue weighted by atomic mass is 32.1. The topological polar surface area (TPSA) is 125 Å². The van der Waals surface area contributed by atoms with Gasteiger partial charge < -0.3 is 9.47 Å². The number of rotatable bonds is 8. The standard InChI is InChI=1S/C20H21N5O5S/c1-4-16-22-23-20(31-16)21-15(26)11-30-14-10-17(27)25(13-9-7-6-8-12(13)3)24-18(14)19(28)29-5-2/h6-10H,4-5,11H2,1-3H3,(H,21,23,26). The van der Waals surface area contributed by atoms with Crippen LogP contribution >= 0.6 is 11.3 Å². The maximum Gasteiger partial charge on any atom is 0.362 e. The molecule has 0 aliphatic carbocycles. The van der Waals surface area contributed by atoms with Gasteiger partial charge in [0.25, 0.3) is 11.5 Å². The minimum Gasteiger partial charge on any atom is -0.481 e. The van der Waals surface area contributed by atoms with Crippen LogP contribution in [-0.2, 0) is 16.0 Å². The van der Waals surface area contributed by atoms with Crippen molar-refractivity contribution in [3.05, 3.63) is 57.0 Å². The van der Waals surface area contributed by atoms with Crippen LogP contribution in [-0.4, -0.2) is 45.1 Å². The first-order valence-corrected chi connectivity index (χ1v) is 10.4. The Kier molecular flexibility index (Phi) is 7.08. The second kappa shape index (κ2) is 9.94. The number of hydrogen-bond acceptors (Lipinski definition) is 9. The summed E-state index contributed by atoms with van der Waals surface area (Å²) in [4.78, 5) is 37.3. The van der Waals surface area contributed by atoms with E-state index in [9.17, 15) is 14.4 Å². The normalized spacial score (nSPS) is 10.5. The molecule has 0 radical (unpaired) electrons. The van der Waals surface area contributed by atoms with E-state index in [1.807, 2.05) is 26.0 Å². The van der Waals surface area contributed by atoms with E-state index in [2.05, 4.69) is 20.6 Å². The van der Waals surface area contributed by atoms with E-state index in [4.69, 9.17) is 9.47 Å². The van der Waals surface area contributed by atoms with Crippen molar-refractivity contribution in [1.82, 2.24) is 20.0 Å². The van der Waals surface area contributed by atoms with E-state index < -0.39 is 24.0 Å². The molecule has 0 atom stereocenters. The average Bonchev–Trinajstić information content (AvgIpc) is 3.20. The number of carbonyl (C=O) groups is 2. The van der Waals surface area contributed by atoms with E-state index >= 15 is 0 Å². The number of hydrogen-bond donors (Lipinski definition) is 1. The molecule has 162 valence electrons. The van der Waals surface area contributed by atoms with Crippen molar-refractivity contribution in [2.24, 2.45) is 0 Å². The molecule has 3 rings (SSSR count). The first-order chi connectivity index (χ1) is 14.9. The van der Waals surface area contributed by atoms with Crippen LogP contribution in [0.15, 0.2) is 35.1 Å². The van der Waals surface area contributed by atoms with Crippen molar-refractivity contribution in [3.63, 3.8) is 0 Å². The smallest absolute Gasteiger partial charge is 0.362 e. The van der Waals surface area contributed by atoms with Gasteiger partial charge >= 0.3 is 5.97 Å². The zero-order chi connectivity index (χ0) is 22.4. The lowest BCUT2D eigenvalue weighted by Crippen LogP contribution is -2.27. The third-order valence-corrected chi connectivity index (χ3v) is 5.07. The van der Waals surface area contributed by atoms with Gasteiger partial charge in [0.1, 0.15) is 5.01 Å². The fourth-order valence-corrected chi connectivity index (χ4v) is 3.31. The van der Waals surface area contributed by atoms with Gasteiger partial charge in [0.05, 0.1) is 18.4 Å². The largest absolute Gasteiger partial charge is 0.481 e. The van der Waals surface area contributed by atoms with Crippen molar-refractivity contribution in [3.8, 4) is 11.4 Å². The molecule has 0 aliphatic heterocycles. The van der Waals surface area contributed by atoms with Crippen LogP contribution in [0.4, 0.5) is 5.13 Å². The maximum atomic E-state index is 12.6. The van der Waals surface area contributed by atoms with Gasteiger partial charge in [-0.1, -0.05) is 36.5 Å². The second-order valence-electron chi connectivity index (χ2n) is 6.31. The van der Waals surface area contributed by atoms with Crippen molar-refractivity contribution >= 4 is 28.3 Å². The molecule has 2 aromatic heterocycles. The number of ether oxygens (including phenoxy) is 2. The van der Waals surface area contributed by atoms with Gasteiger partial charge in [-0.3, -0.25) is 14.9 Å². The van der Waals surface area contributed by atoms with Gasteiger partial charge in [-0.05, 0) is 31.9 Å². The highest BCUT2D eigenvalue weighted by molar-refractivity contribution is 7.15. The van der Waals surface area contributed by atoms with Crippen LogP contribution in [0, 0.1) is 6.92 Å². The predicted molar refractivity (Wildman–Crippen MR) is 114 cm³/mol. The number of aromatic nitrogens is 4. The van der Waals surface area contributed by atoms with Gasteiger partial charge in [0, 0.05) is 0 Å². The molecule has 3 aromatic rings. The molecule has 1 N–H and O–H groups in total. The summed E-state index contributed by atoms with van der Waals surface area (Å²) in [5, 5.41) is 15.6. The fourth-order valence-electron chi connectivity index (χ4n) is 2.61. The molecule has 10 nitrogen and oxygen atoms in total. The Hall–Kier alpha value is -3.60. The minimum atomic E-state index is -0.767. The van der Waals surface area contributed by atoms with E-state index in [-0.39, 0.29) is 18.1 Å². The number of amides is 1. The number of aryl methyl sites for hydroxylation is 2. The SMILES string of the molecule is CCOC(=O)c1nn(-c2ccccc2C)c(=O)cc1OCC(=O)Nc1nnc(CC)s1. The number of nitrogens with zero attached hydrogens (tertiary/aromatic N) is 4. The van der Waals surface area contributed by atoms with Gasteiger partial charge in [0.2, 0.25) is 10.8 Å². The first-order valence-electron chi connectivity index (χ1n) is 9.55. The van der Waals surface area contributed by atoms with Crippen LogP contribution in [0.1, 0.15) is 34.9 Å². The van der Waals surface area contributed by atoms with E-state index in [0.29, 0.717) is 17.2 Å². The molecule has 1 amide bonds. The molecule has 31 heavy (non-hydrogen) atoms. The zero-order valence-corrected chi connectivity index (χ0v) is 18.1. The predicted octanol–water partition coefficient (Wildman–Crippen LogP) is 2.15. The third-order valence-electron chi connectivity index (χ3n) is 4.08. The molecule has 11 heteroatoms. The Morgan fingerprint density at radius 2 is 1.97 bits per heavy atom. The molecular weight excluding hydrogens is 422 g/mol. The zero-order valence-electron chi connectivity index (χ0n) is 17.2. The van der Waals surface area contributed by atoms with Crippen LogP contribution in [0.5, 0.6) is 5.75 Å². The summed E-state index contributed by atoms with van der Waals surface area (Å²) in [5.74, 6) is -1.43. The van der Waals surface area contributed by atoms with Crippen LogP contribution in [0.3, 0.4) is 0 Å². The molecule has 0 fully saturated rings. The summed E-state index contributed by atoms with van der Waals surface area (Å²) in [6.45, 7) is 5.05. The molecule has 2 heterocycles. The van der Waals surface area contributed by atoms with Crippen molar-refractivity contribution < 1.29 is 19.1 Å². The lowest BCUT2D eigenvalue weighted by Gasteiger charge is -2.13. The van der Waals surface area contributed by atoms with Gasteiger partial charge in [-0.2, -0.15) is 9.78 Å². The van der Waals surface area contributed by atoms with E-state index in [1.54, 1.807) is 19.1 Å². The lowest BCUT2D eigenvalue weighted by molar-refractivity contribution is -0.118. The summed E-state index contributed by atoms with van der Waals surface area (Å²) >= 11 is 1.25. The number of anilines is 1. The van der Waals surface area contributed by atoms with Gasteiger partial charge in [-0.25, -0.2) is 4.79 Å². The Labute approximate surface area is 181 Å². The molecular formula is C20H21N5O5S. The second-order valence-corrected chi connectivity index (χ2v) is 7.37. The number of nitrogens with one attached hydrogen (secondary N) is 1. The maximum absolute atomic E-state index is 12.6. The Morgan fingerprint density at radius 1 is 1.19 bits per heavy atom. The first kappa shape index (κ1) is 22.1. The monoisotopic (exact) mass is 443 g/mol. The highest BCUT2D eigenvalue weighted by Crippen LogP contribution is 2.19. The number of esters is 1. The van der Waals surface area contributed by atoms with Crippen molar-refractivity contribution in [2.45, 2.75) is 27.2 Å². The van der Waals surface area contributed by atoms with E-state index in [0.717, 1.165) is 21.3 Å². The molecule has 0 aliphatic rings. The Balaban J connectivity index is 1.85. The number of para-hydroxylation sites is 1. The Morgan fingerprint density at radius 3 is 2.65 bits per heavy atom. The minimum absolute atomic E-state index is 0.112. The molecule has 0 bridgehead atoms. The quantitative estimate of drug-likeness (QED) is 0.525. The fraction of sp³-hybridized carbons (Fsp3) is 0.300. The average molecular weight is 443 g/mol. The molecule has 0 saturated heterocycles. The number of carbonyl (C=O) groups excluding carboxylic acids is 2. The summed E-state index contributed by atoms with van der Waals surface area (Å²) in [5.41, 5.74) is 0.588. The summed E-state index contributed by atoms with van der Waals surface area (Å²) in [6, 6.07) is 8.22. The van der Waals surface area contributed by atoms with Crippen LogP contribution in [0.2, 0.25) is 0 Å². The Bertz CT molecular complexity index is 1160. The van der Waals surface area contributed by atoms with Crippen LogP contribution < -0.4 is 15.6 Å². The number of benzene rings is 1.